The minimum atomic E-state index is 0.833. The number of rotatable bonds is 3. The Morgan fingerprint density at radius 2 is 1.69 bits per heavy atom. The van der Waals surface area contributed by atoms with Gasteiger partial charge in [-0.05, 0) is 37.2 Å². The van der Waals surface area contributed by atoms with Crippen LogP contribution in [0.25, 0.3) is 11.1 Å². The zero-order valence-electron chi connectivity index (χ0n) is 9.57. The molecular formula is C13H15N3. The van der Waals surface area contributed by atoms with Crippen LogP contribution in [-0.2, 0) is 6.54 Å². The molecule has 0 bridgehead atoms. The van der Waals surface area contributed by atoms with Gasteiger partial charge in [0, 0.05) is 42.5 Å². The van der Waals surface area contributed by atoms with Crippen molar-refractivity contribution in [2.24, 2.45) is 0 Å². The molecule has 1 N–H and O–H groups in total. The van der Waals surface area contributed by atoms with E-state index in [4.69, 9.17) is 0 Å². The molecule has 0 aliphatic heterocycles. The molecule has 2 heterocycles. The molecule has 0 atom stereocenters. The molecule has 2 aromatic rings. The fourth-order valence-corrected chi connectivity index (χ4v) is 1.66. The Bertz CT molecular complexity index is 480. The van der Waals surface area contributed by atoms with Crippen LogP contribution in [0.15, 0.2) is 36.9 Å². The van der Waals surface area contributed by atoms with E-state index in [0.29, 0.717) is 0 Å². The largest absolute Gasteiger partial charge is 0.316 e. The molecule has 3 nitrogen and oxygen atoms in total. The highest BCUT2D eigenvalue weighted by molar-refractivity contribution is 5.62. The first-order chi connectivity index (χ1) is 7.79. The smallest absolute Gasteiger partial charge is 0.0347 e. The second kappa shape index (κ2) is 4.86. The van der Waals surface area contributed by atoms with Gasteiger partial charge in [0.2, 0.25) is 0 Å². The van der Waals surface area contributed by atoms with Gasteiger partial charge in [-0.25, -0.2) is 0 Å². The monoisotopic (exact) mass is 213 g/mol. The van der Waals surface area contributed by atoms with Gasteiger partial charge in [-0.1, -0.05) is 0 Å². The van der Waals surface area contributed by atoms with Crippen molar-refractivity contribution in [3.05, 3.63) is 48.0 Å². The Labute approximate surface area is 95.6 Å². The predicted molar refractivity (Wildman–Crippen MR) is 65.0 cm³/mol. The highest BCUT2D eigenvalue weighted by Crippen LogP contribution is 2.19. The molecular weight excluding hydrogens is 198 g/mol. The number of aromatic nitrogens is 2. The van der Waals surface area contributed by atoms with E-state index in [1.165, 1.54) is 5.56 Å². The molecule has 0 saturated heterocycles. The van der Waals surface area contributed by atoms with E-state index in [-0.39, 0.29) is 0 Å². The minimum absolute atomic E-state index is 0.833. The molecule has 0 radical (unpaired) electrons. The van der Waals surface area contributed by atoms with Crippen LogP contribution in [0.5, 0.6) is 0 Å². The summed E-state index contributed by atoms with van der Waals surface area (Å²) >= 11 is 0. The van der Waals surface area contributed by atoms with Gasteiger partial charge in [0.1, 0.15) is 0 Å². The zero-order chi connectivity index (χ0) is 11.4. The van der Waals surface area contributed by atoms with Crippen LogP contribution in [0.2, 0.25) is 0 Å². The first kappa shape index (κ1) is 10.8. The van der Waals surface area contributed by atoms with Gasteiger partial charge in [0.25, 0.3) is 0 Å². The topological polar surface area (TPSA) is 37.8 Å². The third kappa shape index (κ3) is 2.44. The van der Waals surface area contributed by atoms with Gasteiger partial charge >= 0.3 is 0 Å². The molecule has 0 saturated carbocycles. The van der Waals surface area contributed by atoms with Gasteiger partial charge in [-0.2, -0.15) is 0 Å². The van der Waals surface area contributed by atoms with Crippen LogP contribution < -0.4 is 5.32 Å². The van der Waals surface area contributed by atoms with Crippen LogP contribution >= 0.6 is 0 Å². The Kier molecular flexibility index (Phi) is 3.27. The molecule has 82 valence electrons. The summed E-state index contributed by atoms with van der Waals surface area (Å²) in [5, 5.41) is 3.12. The summed E-state index contributed by atoms with van der Waals surface area (Å²) in [6.07, 6.45) is 7.47. The van der Waals surface area contributed by atoms with Gasteiger partial charge in [-0.15, -0.1) is 0 Å². The molecule has 16 heavy (non-hydrogen) atoms. The van der Waals surface area contributed by atoms with E-state index in [2.05, 4.69) is 27.4 Å². The molecule has 0 spiro atoms. The lowest BCUT2D eigenvalue weighted by molar-refractivity contribution is 0.813. The number of hydrogen-bond donors (Lipinski definition) is 1. The third-order valence-corrected chi connectivity index (χ3v) is 2.38. The Morgan fingerprint density at radius 3 is 2.38 bits per heavy atom. The minimum Gasteiger partial charge on any atom is -0.316 e. The molecule has 0 unspecified atom stereocenters. The van der Waals surface area contributed by atoms with Crippen LogP contribution in [0.4, 0.5) is 0 Å². The lowest BCUT2D eigenvalue weighted by Gasteiger charge is -2.04. The first-order valence-corrected chi connectivity index (χ1v) is 5.30. The zero-order valence-corrected chi connectivity index (χ0v) is 9.57. The van der Waals surface area contributed by atoms with E-state index in [0.717, 1.165) is 23.2 Å². The molecule has 0 fully saturated rings. The normalized spacial score (nSPS) is 10.4. The Balaban J connectivity index is 2.36. The second-order valence-corrected chi connectivity index (χ2v) is 3.86. The van der Waals surface area contributed by atoms with E-state index >= 15 is 0 Å². The predicted octanol–water partition coefficient (Wildman–Crippen LogP) is 2.17. The van der Waals surface area contributed by atoms with E-state index < -0.39 is 0 Å². The van der Waals surface area contributed by atoms with Gasteiger partial charge in [-0.3, -0.25) is 9.97 Å². The maximum absolute atomic E-state index is 4.24. The fourth-order valence-electron chi connectivity index (χ4n) is 1.66. The number of pyridine rings is 2. The first-order valence-electron chi connectivity index (χ1n) is 5.30. The van der Waals surface area contributed by atoms with Gasteiger partial charge < -0.3 is 5.32 Å². The van der Waals surface area contributed by atoms with Gasteiger partial charge in [0.15, 0.2) is 0 Å². The summed E-state index contributed by atoms with van der Waals surface area (Å²) < 4.78 is 0. The lowest BCUT2D eigenvalue weighted by Crippen LogP contribution is -2.05. The Morgan fingerprint density at radius 1 is 1.00 bits per heavy atom. The lowest BCUT2D eigenvalue weighted by atomic mass is 10.1. The summed E-state index contributed by atoms with van der Waals surface area (Å²) in [7, 11) is 1.93. The molecule has 0 aromatic carbocycles. The average molecular weight is 213 g/mol. The number of aryl methyl sites for hydroxylation is 1. The number of nitrogens with one attached hydrogen (secondary N) is 1. The molecule has 0 amide bonds. The van der Waals surface area contributed by atoms with Crippen LogP contribution in [-0.4, -0.2) is 17.0 Å². The molecule has 2 aromatic heterocycles. The van der Waals surface area contributed by atoms with E-state index in [1.54, 1.807) is 0 Å². The highest BCUT2D eigenvalue weighted by atomic mass is 14.8. The summed E-state index contributed by atoms with van der Waals surface area (Å²) in [4.78, 5) is 8.43. The van der Waals surface area contributed by atoms with Crippen LogP contribution in [0, 0.1) is 6.92 Å². The molecule has 0 aliphatic rings. The van der Waals surface area contributed by atoms with E-state index in [1.807, 2.05) is 38.8 Å². The van der Waals surface area contributed by atoms with Crippen molar-refractivity contribution < 1.29 is 0 Å². The van der Waals surface area contributed by atoms with Gasteiger partial charge in [0.05, 0.1) is 0 Å². The van der Waals surface area contributed by atoms with Crippen molar-refractivity contribution in [1.82, 2.24) is 15.3 Å². The van der Waals surface area contributed by atoms with Crippen molar-refractivity contribution in [3.63, 3.8) is 0 Å². The quantitative estimate of drug-likeness (QED) is 0.849. The van der Waals surface area contributed by atoms with Crippen molar-refractivity contribution in [3.8, 4) is 11.1 Å². The maximum Gasteiger partial charge on any atom is 0.0347 e. The fraction of sp³-hybridized carbons (Fsp3) is 0.231. The number of hydrogen-bond acceptors (Lipinski definition) is 3. The molecule has 2 rings (SSSR count). The van der Waals surface area contributed by atoms with E-state index in [9.17, 15) is 0 Å². The highest BCUT2D eigenvalue weighted by Gasteiger charge is 2.00. The van der Waals surface area contributed by atoms with Crippen molar-refractivity contribution in [2.75, 3.05) is 7.05 Å². The van der Waals surface area contributed by atoms with Crippen molar-refractivity contribution >= 4 is 0 Å². The summed E-state index contributed by atoms with van der Waals surface area (Å²) in [5.41, 5.74) is 4.58. The van der Waals surface area contributed by atoms with Crippen molar-refractivity contribution in [2.45, 2.75) is 13.5 Å². The Hall–Kier alpha value is -1.74. The molecule has 3 heteroatoms. The summed E-state index contributed by atoms with van der Waals surface area (Å²) in [5.74, 6) is 0. The third-order valence-electron chi connectivity index (χ3n) is 2.38. The van der Waals surface area contributed by atoms with Crippen molar-refractivity contribution in [1.29, 1.82) is 0 Å². The summed E-state index contributed by atoms with van der Waals surface area (Å²) in [6, 6.07) is 4.26. The average Bonchev–Trinajstić information content (AvgIpc) is 2.30. The molecule has 0 aliphatic carbocycles. The number of nitrogens with zero attached hydrogens (tertiary/aromatic N) is 2. The standard InChI is InChI=1S/C13H15N3/c1-10-3-12(8-15-5-10)13-4-11(6-14-2)7-16-9-13/h3-5,7-9,14H,6H2,1-2H3. The van der Waals surface area contributed by atoms with Crippen LogP contribution in [0.1, 0.15) is 11.1 Å². The second-order valence-electron chi connectivity index (χ2n) is 3.86. The summed E-state index contributed by atoms with van der Waals surface area (Å²) in [6.45, 7) is 2.88. The maximum atomic E-state index is 4.24. The van der Waals surface area contributed by atoms with Crippen LogP contribution in [0.3, 0.4) is 0 Å². The SMILES string of the molecule is CNCc1cncc(-c2cncc(C)c2)c1.